The average Bonchev–Trinajstić information content (AvgIpc) is 3.00. The summed E-state index contributed by atoms with van der Waals surface area (Å²) in [6, 6.07) is 4.40. The molecule has 0 bridgehead atoms. The Labute approximate surface area is 163 Å². The largest absolute Gasteiger partial charge is 0.332 e. The van der Waals surface area contributed by atoms with E-state index in [1.807, 2.05) is 0 Å². The maximum atomic E-state index is 13.2. The predicted molar refractivity (Wildman–Crippen MR) is 106 cm³/mol. The van der Waals surface area contributed by atoms with Crippen LogP contribution in [0.25, 0.3) is 10.9 Å². The Hall–Kier alpha value is -2.26. The zero-order chi connectivity index (χ0) is 20.1. The predicted octanol–water partition coefficient (Wildman–Crippen LogP) is 0.267. The minimum absolute atomic E-state index is 0.00992. The van der Waals surface area contributed by atoms with Gasteiger partial charge in [0.05, 0.1) is 34.8 Å². The van der Waals surface area contributed by atoms with E-state index in [9.17, 15) is 18.0 Å². The molecule has 28 heavy (non-hydrogen) atoms. The Bertz CT molecular complexity index is 1090. The van der Waals surface area contributed by atoms with Gasteiger partial charge in [-0.3, -0.25) is 14.5 Å². The maximum absolute atomic E-state index is 13.2. The summed E-state index contributed by atoms with van der Waals surface area (Å²) in [4.78, 5) is 33.5. The number of hydrogen-bond donors (Lipinski definition) is 0. The summed E-state index contributed by atoms with van der Waals surface area (Å²) in [6.07, 6.45) is 2.38. The highest BCUT2D eigenvalue weighted by Gasteiger charge is 2.47. The van der Waals surface area contributed by atoms with Crippen LogP contribution in [0.2, 0.25) is 0 Å². The van der Waals surface area contributed by atoms with Gasteiger partial charge in [-0.15, -0.1) is 0 Å². The molecule has 2 aliphatic rings. The van der Waals surface area contributed by atoms with Crippen molar-refractivity contribution in [1.82, 2.24) is 19.4 Å². The number of hydrogen-bond acceptors (Lipinski definition) is 6. The molecule has 3 heterocycles. The summed E-state index contributed by atoms with van der Waals surface area (Å²) in [5.74, 6) is -0.0835. The van der Waals surface area contributed by atoms with E-state index in [-0.39, 0.29) is 35.1 Å². The lowest BCUT2D eigenvalue weighted by Crippen LogP contribution is -2.60. The second-order valence-corrected chi connectivity index (χ2v) is 9.79. The van der Waals surface area contributed by atoms with Gasteiger partial charge < -0.3 is 9.47 Å². The van der Waals surface area contributed by atoms with Crippen LogP contribution in [0.1, 0.15) is 23.7 Å². The van der Waals surface area contributed by atoms with Gasteiger partial charge in [0.15, 0.2) is 9.84 Å². The Morgan fingerprint density at radius 1 is 1.21 bits per heavy atom. The van der Waals surface area contributed by atoms with E-state index in [1.165, 1.54) is 10.9 Å². The molecule has 150 valence electrons. The average molecular weight is 404 g/mol. The molecule has 1 aromatic carbocycles. The molecule has 1 amide bonds. The van der Waals surface area contributed by atoms with Crippen LogP contribution in [0.4, 0.5) is 0 Å². The van der Waals surface area contributed by atoms with Crippen LogP contribution in [0.3, 0.4) is 0 Å². The van der Waals surface area contributed by atoms with Gasteiger partial charge >= 0.3 is 0 Å². The van der Waals surface area contributed by atoms with Crippen LogP contribution in [-0.4, -0.2) is 76.9 Å². The molecule has 2 fully saturated rings. The van der Waals surface area contributed by atoms with Crippen molar-refractivity contribution < 1.29 is 13.2 Å². The molecule has 1 aromatic heterocycles. The van der Waals surface area contributed by atoms with Crippen LogP contribution in [-0.2, 0) is 16.9 Å². The SMILES string of the molecule is CCCN1CCN(C(=O)c2ccc3c(=O)n(C)cnc3c2)C2CS(=O)(=O)CC21. The minimum Gasteiger partial charge on any atom is -0.332 e. The first kappa shape index (κ1) is 19.1. The van der Waals surface area contributed by atoms with E-state index >= 15 is 0 Å². The lowest BCUT2D eigenvalue weighted by molar-refractivity contribution is 0.0333. The van der Waals surface area contributed by atoms with Crippen molar-refractivity contribution >= 4 is 26.6 Å². The van der Waals surface area contributed by atoms with E-state index < -0.39 is 9.84 Å². The van der Waals surface area contributed by atoms with Crippen molar-refractivity contribution in [3.63, 3.8) is 0 Å². The maximum Gasteiger partial charge on any atom is 0.260 e. The van der Waals surface area contributed by atoms with Crippen molar-refractivity contribution in [3.05, 3.63) is 40.4 Å². The van der Waals surface area contributed by atoms with Gasteiger partial charge in [-0.1, -0.05) is 6.92 Å². The standard InChI is InChI=1S/C19H24N4O4S/c1-3-6-22-7-8-23(17-11-28(26,27)10-16(17)22)18(24)13-4-5-14-15(9-13)20-12-21(2)19(14)25/h4-5,9,12,16-17H,3,6-8,10-11H2,1-2H3. The topological polar surface area (TPSA) is 92.6 Å². The molecule has 0 N–H and O–H groups in total. The molecule has 2 aliphatic heterocycles. The van der Waals surface area contributed by atoms with Gasteiger partial charge in [0.1, 0.15) is 0 Å². The molecular weight excluding hydrogens is 380 g/mol. The lowest BCUT2D eigenvalue weighted by atomic mass is 10.0. The number of sulfone groups is 1. The summed E-state index contributed by atoms with van der Waals surface area (Å²) < 4.78 is 26.0. The second kappa shape index (κ2) is 6.97. The third-order valence-corrected chi connectivity index (χ3v) is 7.43. The smallest absolute Gasteiger partial charge is 0.260 e. The normalized spacial score (nSPS) is 24.4. The third kappa shape index (κ3) is 3.22. The monoisotopic (exact) mass is 404 g/mol. The summed E-state index contributed by atoms with van der Waals surface area (Å²) in [5.41, 5.74) is 0.730. The molecule has 0 spiro atoms. The number of nitrogens with zero attached hydrogens (tertiary/aromatic N) is 4. The Morgan fingerprint density at radius 3 is 2.71 bits per heavy atom. The third-order valence-electron chi connectivity index (χ3n) is 5.73. The lowest BCUT2D eigenvalue weighted by Gasteiger charge is -2.43. The van der Waals surface area contributed by atoms with Gasteiger partial charge in [-0.2, -0.15) is 0 Å². The Balaban J connectivity index is 1.67. The van der Waals surface area contributed by atoms with E-state index in [1.54, 1.807) is 30.1 Å². The van der Waals surface area contributed by atoms with Gasteiger partial charge in [0.2, 0.25) is 0 Å². The fourth-order valence-electron chi connectivity index (χ4n) is 4.35. The molecule has 4 rings (SSSR count). The van der Waals surface area contributed by atoms with Crippen LogP contribution in [0.15, 0.2) is 29.3 Å². The van der Waals surface area contributed by atoms with Crippen molar-refractivity contribution in [2.45, 2.75) is 25.4 Å². The highest BCUT2D eigenvalue weighted by molar-refractivity contribution is 7.91. The summed E-state index contributed by atoms with van der Waals surface area (Å²) in [6.45, 7) is 4.07. The first-order valence-electron chi connectivity index (χ1n) is 9.51. The Morgan fingerprint density at radius 2 is 1.96 bits per heavy atom. The van der Waals surface area contributed by atoms with Crippen LogP contribution < -0.4 is 5.56 Å². The molecule has 2 saturated heterocycles. The van der Waals surface area contributed by atoms with E-state index in [0.29, 0.717) is 29.6 Å². The summed E-state index contributed by atoms with van der Waals surface area (Å²) in [7, 11) is -1.54. The van der Waals surface area contributed by atoms with Crippen LogP contribution in [0.5, 0.6) is 0 Å². The van der Waals surface area contributed by atoms with Crippen LogP contribution in [0, 0.1) is 0 Å². The van der Waals surface area contributed by atoms with E-state index in [2.05, 4.69) is 16.8 Å². The molecule has 2 aromatic rings. The highest BCUT2D eigenvalue weighted by atomic mass is 32.2. The molecule has 0 aliphatic carbocycles. The summed E-state index contributed by atoms with van der Waals surface area (Å²) >= 11 is 0. The molecule has 9 heteroatoms. The summed E-state index contributed by atoms with van der Waals surface area (Å²) in [5, 5.41) is 0.454. The molecule has 8 nitrogen and oxygen atoms in total. The fourth-order valence-corrected chi connectivity index (χ4v) is 6.36. The van der Waals surface area contributed by atoms with Crippen molar-refractivity contribution in [2.75, 3.05) is 31.1 Å². The van der Waals surface area contributed by atoms with E-state index in [4.69, 9.17) is 0 Å². The van der Waals surface area contributed by atoms with Crippen molar-refractivity contribution in [1.29, 1.82) is 0 Å². The van der Waals surface area contributed by atoms with E-state index in [0.717, 1.165) is 13.0 Å². The van der Waals surface area contributed by atoms with Crippen LogP contribution >= 0.6 is 0 Å². The highest BCUT2D eigenvalue weighted by Crippen LogP contribution is 2.28. The first-order chi connectivity index (χ1) is 13.3. The van der Waals surface area contributed by atoms with Gasteiger partial charge in [-0.25, -0.2) is 13.4 Å². The number of aromatic nitrogens is 2. The molecule has 0 saturated carbocycles. The Kier molecular flexibility index (Phi) is 4.75. The zero-order valence-electron chi connectivity index (χ0n) is 16.0. The fraction of sp³-hybridized carbons (Fsp3) is 0.526. The number of fused-ring (bicyclic) bond motifs is 2. The van der Waals surface area contributed by atoms with Crippen molar-refractivity contribution in [2.24, 2.45) is 7.05 Å². The number of amides is 1. The number of carbonyl (C=O) groups is 1. The number of aryl methyl sites for hydroxylation is 1. The van der Waals surface area contributed by atoms with Gasteiger partial charge in [0, 0.05) is 31.7 Å². The first-order valence-corrected chi connectivity index (χ1v) is 11.3. The quantitative estimate of drug-likeness (QED) is 0.729. The molecule has 2 unspecified atom stereocenters. The van der Waals surface area contributed by atoms with Gasteiger partial charge in [0.25, 0.3) is 11.5 Å². The molecular formula is C19H24N4O4S. The minimum atomic E-state index is -3.17. The van der Waals surface area contributed by atoms with Crippen molar-refractivity contribution in [3.8, 4) is 0 Å². The zero-order valence-corrected chi connectivity index (χ0v) is 16.9. The molecule has 0 radical (unpaired) electrons. The number of benzene rings is 1. The number of piperazine rings is 1. The second-order valence-electron chi connectivity index (χ2n) is 7.64. The molecule has 2 atom stereocenters. The number of carbonyl (C=O) groups excluding carboxylic acids is 1. The van der Waals surface area contributed by atoms with Gasteiger partial charge in [-0.05, 0) is 31.2 Å². The number of rotatable bonds is 3.